The highest BCUT2D eigenvalue weighted by Crippen LogP contribution is 2.21. The normalized spacial score (nSPS) is 9.50. The fourth-order valence-electron chi connectivity index (χ4n) is 1.22. The van der Waals surface area contributed by atoms with Crippen LogP contribution in [-0.2, 0) is 0 Å². The van der Waals surface area contributed by atoms with Crippen LogP contribution in [0.5, 0.6) is 5.75 Å². The van der Waals surface area contributed by atoms with E-state index in [1.165, 1.54) is 17.0 Å². The molecule has 84 valence electrons. The molecule has 5 heteroatoms. The third-order valence-electron chi connectivity index (χ3n) is 2.18. The summed E-state index contributed by atoms with van der Waals surface area (Å²) in [7, 11) is 1.60. The van der Waals surface area contributed by atoms with Crippen LogP contribution in [0.3, 0.4) is 0 Å². The number of anilines is 1. The van der Waals surface area contributed by atoms with Crippen molar-refractivity contribution in [2.45, 2.75) is 6.42 Å². The van der Waals surface area contributed by atoms with Crippen LogP contribution in [0.15, 0.2) is 18.2 Å². The third kappa shape index (κ3) is 2.64. The molecule has 1 rings (SSSR count). The number of amides is 1. The number of phenols is 1. The summed E-state index contributed by atoms with van der Waals surface area (Å²) in [5.41, 5.74) is 6.01. The lowest BCUT2D eigenvalue weighted by Crippen LogP contribution is -2.27. The molecular weight excluding hydrogens is 206 g/mol. The minimum Gasteiger partial charge on any atom is -0.506 e. The highest BCUT2D eigenvalue weighted by molar-refractivity contribution is 5.95. The third-order valence-corrected chi connectivity index (χ3v) is 2.18. The molecule has 0 saturated carbocycles. The number of benzene rings is 1. The molecule has 0 radical (unpaired) electrons. The molecule has 0 bridgehead atoms. The molecule has 3 N–H and O–H groups in total. The first-order valence-electron chi connectivity index (χ1n) is 4.77. The van der Waals surface area contributed by atoms with E-state index in [-0.39, 0.29) is 23.8 Å². The zero-order valence-electron chi connectivity index (χ0n) is 8.97. The zero-order chi connectivity index (χ0) is 12.1. The van der Waals surface area contributed by atoms with Crippen molar-refractivity contribution in [2.24, 2.45) is 0 Å². The van der Waals surface area contributed by atoms with Crippen LogP contribution in [-0.4, -0.2) is 29.5 Å². The van der Waals surface area contributed by atoms with Crippen molar-refractivity contribution in [1.82, 2.24) is 4.90 Å². The summed E-state index contributed by atoms with van der Waals surface area (Å²) in [5.74, 6) is -0.356. The lowest BCUT2D eigenvalue weighted by molar-refractivity contribution is 0.0797. The molecule has 0 unspecified atom stereocenters. The average Bonchev–Trinajstić information content (AvgIpc) is 2.28. The number of hydrogen-bond donors (Lipinski definition) is 2. The Morgan fingerprint density at radius 3 is 2.88 bits per heavy atom. The van der Waals surface area contributed by atoms with Gasteiger partial charge in [0.1, 0.15) is 5.75 Å². The molecule has 0 aromatic heterocycles. The van der Waals surface area contributed by atoms with Crippen molar-refractivity contribution in [3.8, 4) is 11.8 Å². The Labute approximate surface area is 93.7 Å². The van der Waals surface area contributed by atoms with Gasteiger partial charge in [0.15, 0.2) is 0 Å². The van der Waals surface area contributed by atoms with Crippen LogP contribution < -0.4 is 5.73 Å². The molecule has 5 nitrogen and oxygen atoms in total. The molecular formula is C11H13N3O2. The Kier molecular flexibility index (Phi) is 3.72. The second-order valence-corrected chi connectivity index (χ2v) is 3.41. The second kappa shape index (κ2) is 5.03. The molecule has 0 spiro atoms. The number of nitrogen functional groups attached to an aromatic ring is 1. The Morgan fingerprint density at radius 2 is 2.31 bits per heavy atom. The van der Waals surface area contributed by atoms with Gasteiger partial charge < -0.3 is 15.7 Å². The largest absolute Gasteiger partial charge is 0.506 e. The van der Waals surface area contributed by atoms with Gasteiger partial charge >= 0.3 is 0 Å². The molecule has 1 aromatic rings. The van der Waals surface area contributed by atoms with Crippen LogP contribution in [0.2, 0.25) is 0 Å². The van der Waals surface area contributed by atoms with Gasteiger partial charge in [0.2, 0.25) is 0 Å². The van der Waals surface area contributed by atoms with Crippen LogP contribution in [0, 0.1) is 11.3 Å². The molecule has 0 aliphatic heterocycles. The van der Waals surface area contributed by atoms with Crippen LogP contribution in [0.4, 0.5) is 5.69 Å². The van der Waals surface area contributed by atoms with Crippen molar-refractivity contribution >= 4 is 11.6 Å². The SMILES string of the molecule is CN(CCC#N)C(=O)c1ccc(N)c(O)c1. The summed E-state index contributed by atoms with van der Waals surface area (Å²) >= 11 is 0. The summed E-state index contributed by atoms with van der Waals surface area (Å²) in [6.07, 6.45) is 0.281. The Morgan fingerprint density at radius 1 is 1.62 bits per heavy atom. The number of phenolic OH excluding ortho intramolecular Hbond substituents is 1. The first kappa shape index (κ1) is 11.9. The molecule has 0 aliphatic carbocycles. The van der Waals surface area contributed by atoms with E-state index >= 15 is 0 Å². The first-order valence-corrected chi connectivity index (χ1v) is 4.77. The van der Waals surface area contributed by atoms with E-state index in [0.717, 1.165) is 0 Å². The molecule has 16 heavy (non-hydrogen) atoms. The minimum atomic E-state index is -0.245. The number of nitrogens with two attached hydrogens (primary N) is 1. The van der Waals surface area contributed by atoms with Crippen molar-refractivity contribution in [2.75, 3.05) is 19.3 Å². The molecule has 0 aliphatic rings. The van der Waals surface area contributed by atoms with E-state index < -0.39 is 0 Å². The monoisotopic (exact) mass is 219 g/mol. The van der Waals surface area contributed by atoms with Crippen LogP contribution >= 0.6 is 0 Å². The standard InChI is InChI=1S/C11H13N3O2/c1-14(6-2-5-12)11(16)8-3-4-9(13)10(15)7-8/h3-4,7,15H,2,6,13H2,1H3. The first-order chi connectivity index (χ1) is 7.56. The number of rotatable bonds is 3. The number of carbonyl (C=O) groups excluding carboxylic acids is 1. The minimum absolute atomic E-state index is 0.112. The van der Waals surface area contributed by atoms with Crippen molar-refractivity contribution in [1.29, 1.82) is 5.26 Å². The summed E-state index contributed by atoms with van der Waals surface area (Å²) in [4.78, 5) is 13.2. The number of carbonyl (C=O) groups is 1. The van der Waals surface area contributed by atoms with Crippen LogP contribution in [0.25, 0.3) is 0 Å². The number of hydrogen-bond acceptors (Lipinski definition) is 4. The lowest BCUT2D eigenvalue weighted by atomic mass is 10.1. The summed E-state index contributed by atoms with van der Waals surface area (Å²) in [5, 5.41) is 17.8. The maximum Gasteiger partial charge on any atom is 0.253 e. The summed E-state index contributed by atoms with van der Waals surface area (Å²) in [6, 6.07) is 6.30. The van der Waals surface area contributed by atoms with Gasteiger partial charge in [0.25, 0.3) is 5.91 Å². The van der Waals surface area contributed by atoms with E-state index in [4.69, 9.17) is 11.0 Å². The number of nitriles is 1. The molecule has 0 fully saturated rings. The highest BCUT2D eigenvalue weighted by Gasteiger charge is 2.12. The number of nitrogens with zero attached hydrogens (tertiary/aromatic N) is 2. The highest BCUT2D eigenvalue weighted by atomic mass is 16.3. The number of aromatic hydroxyl groups is 1. The van der Waals surface area contributed by atoms with Crippen molar-refractivity contribution < 1.29 is 9.90 Å². The van der Waals surface area contributed by atoms with E-state index in [0.29, 0.717) is 12.1 Å². The molecule has 1 amide bonds. The zero-order valence-corrected chi connectivity index (χ0v) is 8.97. The Bertz CT molecular complexity index is 437. The Hall–Kier alpha value is -2.22. The van der Waals surface area contributed by atoms with Gasteiger partial charge in [-0.2, -0.15) is 5.26 Å². The molecule has 0 heterocycles. The molecule has 1 aromatic carbocycles. The van der Waals surface area contributed by atoms with Gasteiger partial charge in [-0.25, -0.2) is 0 Å². The maximum absolute atomic E-state index is 11.8. The quantitative estimate of drug-likeness (QED) is 0.585. The van der Waals surface area contributed by atoms with E-state index in [1.807, 2.05) is 6.07 Å². The average molecular weight is 219 g/mol. The lowest BCUT2D eigenvalue weighted by Gasteiger charge is -2.15. The topological polar surface area (TPSA) is 90.4 Å². The van der Waals surface area contributed by atoms with Gasteiger partial charge in [0.05, 0.1) is 18.2 Å². The Balaban J connectivity index is 2.80. The van der Waals surface area contributed by atoms with Crippen molar-refractivity contribution in [3.05, 3.63) is 23.8 Å². The van der Waals surface area contributed by atoms with Gasteiger partial charge in [-0.3, -0.25) is 4.79 Å². The second-order valence-electron chi connectivity index (χ2n) is 3.41. The summed E-state index contributed by atoms with van der Waals surface area (Å²) in [6.45, 7) is 0.362. The van der Waals surface area contributed by atoms with E-state index in [9.17, 15) is 9.90 Å². The van der Waals surface area contributed by atoms with Crippen LogP contribution in [0.1, 0.15) is 16.8 Å². The fourth-order valence-corrected chi connectivity index (χ4v) is 1.22. The predicted molar refractivity (Wildman–Crippen MR) is 59.7 cm³/mol. The summed E-state index contributed by atoms with van der Waals surface area (Å²) < 4.78 is 0. The van der Waals surface area contributed by atoms with E-state index in [1.54, 1.807) is 13.1 Å². The van der Waals surface area contributed by atoms with Gasteiger partial charge in [-0.1, -0.05) is 0 Å². The van der Waals surface area contributed by atoms with Gasteiger partial charge in [0, 0.05) is 19.2 Å². The molecule has 0 saturated heterocycles. The van der Waals surface area contributed by atoms with Crippen molar-refractivity contribution in [3.63, 3.8) is 0 Å². The van der Waals surface area contributed by atoms with Gasteiger partial charge in [-0.15, -0.1) is 0 Å². The van der Waals surface area contributed by atoms with Gasteiger partial charge in [-0.05, 0) is 18.2 Å². The maximum atomic E-state index is 11.8. The smallest absolute Gasteiger partial charge is 0.253 e. The predicted octanol–water partition coefficient (Wildman–Crippen LogP) is 0.960. The fraction of sp³-hybridized carbons (Fsp3) is 0.273. The van der Waals surface area contributed by atoms with E-state index in [2.05, 4.69) is 0 Å². The molecule has 0 atom stereocenters.